The summed E-state index contributed by atoms with van der Waals surface area (Å²) in [7, 11) is 0. The van der Waals surface area contributed by atoms with Crippen molar-refractivity contribution in [3.05, 3.63) is 40.7 Å². The van der Waals surface area contributed by atoms with Gasteiger partial charge < -0.3 is 10.0 Å². The van der Waals surface area contributed by atoms with Crippen LogP contribution >= 0.6 is 0 Å². The molecule has 23 heavy (non-hydrogen) atoms. The number of carbonyl (C=O) groups is 1. The second-order valence-electron chi connectivity index (χ2n) is 5.98. The van der Waals surface area contributed by atoms with Crippen LogP contribution in [0.1, 0.15) is 52.8 Å². The first-order valence-corrected chi connectivity index (χ1v) is 7.80. The highest BCUT2D eigenvalue weighted by molar-refractivity contribution is 5.92. The van der Waals surface area contributed by atoms with E-state index in [0.717, 1.165) is 24.4 Å². The van der Waals surface area contributed by atoms with Gasteiger partial charge in [0.2, 0.25) is 0 Å². The Bertz CT molecular complexity index is 718. The zero-order valence-corrected chi connectivity index (χ0v) is 13.7. The smallest absolute Gasteiger partial charge is 0.272 e. The highest BCUT2D eigenvalue weighted by Gasteiger charge is 2.23. The lowest BCUT2D eigenvalue weighted by molar-refractivity contribution is 0.0739. The molecule has 122 valence electrons. The minimum absolute atomic E-state index is 0.0909. The number of hydrogen-bond acceptors (Lipinski definition) is 5. The first-order valence-electron chi connectivity index (χ1n) is 7.80. The third-order valence-electron chi connectivity index (χ3n) is 3.93. The Hall–Kier alpha value is -2.28. The molecule has 2 aromatic rings. The maximum Gasteiger partial charge on any atom is 0.272 e. The normalized spacial score (nSPS) is 15.9. The maximum atomic E-state index is 12.8. The lowest BCUT2D eigenvalue weighted by Gasteiger charge is -2.19. The summed E-state index contributed by atoms with van der Waals surface area (Å²) in [6, 6.07) is 3.59. The van der Waals surface area contributed by atoms with Crippen LogP contribution in [-0.4, -0.2) is 42.2 Å². The lowest BCUT2D eigenvalue weighted by Crippen LogP contribution is -2.31. The second-order valence-corrected chi connectivity index (χ2v) is 5.98. The van der Waals surface area contributed by atoms with E-state index in [2.05, 4.69) is 15.1 Å². The van der Waals surface area contributed by atoms with Crippen LogP contribution in [-0.2, 0) is 13.1 Å². The van der Waals surface area contributed by atoms with Crippen molar-refractivity contribution < 1.29 is 9.90 Å². The van der Waals surface area contributed by atoms with Gasteiger partial charge in [-0.2, -0.15) is 5.10 Å². The summed E-state index contributed by atoms with van der Waals surface area (Å²) in [5.41, 5.74) is 2.80. The van der Waals surface area contributed by atoms with Gasteiger partial charge in [0.1, 0.15) is 11.5 Å². The van der Waals surface area contributed by atoms with Gasteiger partial charge in [-0.3, -0.25) is 9.48 Å². The van der Waals surface area contributed by atoms with E-state index in [1.165, 1.54) is 0 Å². The van der Waals surface area contributed by atoms with Gasteiger partial charge >= 0.3 is 0 Å². The van der Waals surface area contributed by atoms with E-state index in [-0.39, 0.29) is 5.91 Å². The monoisotopic (exact) mass is 315 g/mol. The predicted molar refractivity (Wildman–Crippen MR) is 83.7 cm³/mol. The van der Waals surface area contributed by atoms with Crippen molar-refractivity contribution in [1.82, 2.24) is 24.6 Å². The second kappa shape index (κ2) is 6.08. The Labute approximate surface area is 135 Å². The van der Waals surface area contributed by atoms with Crippen molar-refractivity contribution >= 4 is 5.91 Å². The third kappa shape index (κ3) is 3.24. The van der Waals surface area contributed by atoms with Crippen LogP contribution in [0.3, 0.4) is 0 Å². The van der Waals surface area contributed by atoms with Gasteiger partial charge in [0.05, 0.1) is 24.0 Å². The van der Waals surface area contributed by atoms with Crippen LogP contribution in [0.15, 0.2) is 12.1 Å². The van der Waals surface area contributed by atoms with Crippen molar-refractivity contribution in [2.75, 3.05) is 6.54 Å². The van der Waals surface area contributed by atoms with Crippen LogP contribution in [0.4, 0.5) is 0 Å². The summed E-state index contributed by atoms with van der Waals surface area (Å²) in [5, 5.41) is 14.1. The Morgan fingerprint density at radius 1 is 1.26 bits per heavy atom. The van der Waals surface area contributed by atoms with Gasteiger partial charge in [-0.25, -0.2) is 9.97 Å². The molecule has 1 aliphatic rings. The minimum Gasteiger partial charge on any atom is -0.387 e. The third-order valence-corrected chi connectivity index (χ3v) is 3.93. The van der Waals surface area contributed by atoms with E-state index < -0.39 is 6.10 Å². The van der Waals surface area contributed by atoms with E-state index in [9.17, 15) is 9.90 Å². The summed E-state index contributed by atoms with van der Waals surface area (Å²) in [6.07, 6.45) is 0.216. The van der Waals surface area contributed by atoms with Crippen LogP contribution in [0.25, 0.3) is 0 Å². The summed E-state index contributed by atoms with van der Waals surface area (Å²) in [6.45, 7) is 7.22. The predicted octanol–water partition coefficient (Wildman–Crippen LogP) is 1.39. The van der Waals surface area contributed by atoms with E-state index in [0.29, 0.717) is 30.3 Å². The summed E-state index contributed by atoms with van der Waals surface area (Å²) in [4.78, 5) is 23.0. The molecule has 0 saturated carbocycles. The molecule has 1 aliphatic heterocycles. The average molecular weight is 315 g/mol. The number of aliphatic hydroxyl groups is 1. The quantitative estimate of drug-likeness (QED) is 0.905. The van der Waals surface area contributed by atoms with Gasteiger partial charge in [0.15, 0.2) is 0 Å². The summed E-state index contributed by atoms with van der Waals surface area (Å²) < 4.78 is 1.88. The van der Waals surface area contributed by atoms with Gasteiger partial charge in [-0.1, -0.05) is 0 Å². The molecule has 7 nitrogen and oxygen atoms in total. The molecule has 1 amide bonds. The zero-order chi connectivity index (χ0) is 16.6. The van der Waals surface area contributed by atoms with Crippen LogP contribution in [0.5, 0.6) is 0 Å². The fraction of sp³-hybridized carbons (Fsp3) is 0.500. The van der Waals surface area contributed by atoms with Gasteiger partial charge in [0.25, 0.3) is 5.91 Å². The Morgan fingerprint density at radius 3 is 2.74 bits per heavy atom. The fourth-order valence-corrected chi connectivity index (χ4v) is 2.85. The van der Waals surface area contributed by atoms with Crippen molar-refractivity contribution in [3.8, 4) is 0 Å². The molecule has 0 radical (unpaired) electrons. The maximum absolute atomic E-state index is 12.8. The number of aryl methyl sites for hydroxylation is 3. The molecule has 7 heteroatoms. The standard InChI is InChI=1S/C16H21N5O2/c1-10-7-15(18-12(3)17-10)16(23)20-5-4-6-21-13(9-20)8-14(19-21)11(2)22/h7-8,11,22H,4-6,9H2,1-3H3/t11-/m0/s1. The number of rotatable bonds is 2. The number of fused-ring (bicyclic) bond motifs is 1. The van der Waals surface area contributed by atoms with Gasteiger partial charge in [-0.15, -0.1) is 0 Å². The molecular formula is C16H21N5O2. The van der Waals surface area contributed by atoms with Gasteiger partial charge in [-0.05, 0) is 39.3 Å². The molecule has 3 rings (SSSR count). The Balaban J connectivity index is 1.86. The Morgan fingerprint density at radius 2 is 2.04 bits per heavy atom. The van der Waals surface area contributed by atoms with Crippen molar-refractivity contribution in [1.29, 1.82) is 0 Å². The highest BCUT2D eigenvalue weighted by Crippen LogP contribution is 2.19. The average Bonchev–Trinajstić information content (AvgIpc) is 2.78. The number of amides is 1. The molecule has 0 bridgehead atoms. The summed E-state index contributed by atoms with van der Waals surface area (Å²) >= 11 is 0. The van der Waals surface area contributed by atoms with Gasteiger partial charge in [0, 0.05) is 18.8 Å². The molecule has 1 atom stereocenters. The topological polar surface area (TPSA) is 84.1 Å². The molecule has 0 fully saturated rings. The molecule has 0 saturated heterocycles. The number of hydrogen-bond donors (Lipinski definition) is 1. The minimum atomic E-state index is -0.606. The highest BCUT2D eigenvalue weighted by atomic mass is 16.3. The first-order chi connectivity index (χ1) is 10.9. The zero-order valence-electron chi connectivity index (χ0n) is 13.7. The number of carbonyl (C=O) groups excluding carboxylic acids is 1. The number of nitrogens with zero attached hydrogens (tertiary/aromatic N) is 5. The largest absolute Gasteiger partial charge is 0.387 e. The SMILES string of the molecule is Cc1cc(C(=O)N2CCCn3nc([C@H](C)O)cc3C2)nc(C)n1. The van der Waals surface area contributed by atoms with E-state index in [4.69, 9.17) is 0 Å². The van der Waals surface area contributed by atoms with Crippen molar-refractivity contribution in [3.63, 3.8) is 0 Å². The fourth-order valence-electron chi connectivity index (χ4n) is 2.85. The molecule has 0 spiro atoms. The molecule has 1 N–H and O–H groups in total. The summed E-state index contributed by atoms with van der Waals surface area (Å²) in [5.74, 6) is 0.511. The first kappa shape index (κ1) is 15.6. The molecule has 0 aromatic carbocycles. The molecule has 2 aromatic heterocycles. The number of aliphatic hydroxyl groups excluding tert-OH is 1. The molecule has 0 aliphatic carbocycles. The Kier molecular flexibility index (Phi) is 4.12. The van der Waals surface area contributed by atoms with Crippen LogP contribution in [0, 0.1) is 13.8 Å². The molecule has 0 unspecified atom stereocenters. The molecule has 3 heterocycles. The van der Waals surface area contributed by atoms with E-state index >= 15 is 0 Å². The van der Waals surface area contributed by atoms with E-state index in [1.807, 2.05) is 17.7 Å². The van der Waals surface area contributed by atoms with Crippen molar-refractivity contribution in [2.45, 2.75) is 46.4 Å². The van der Waals surface area contributed by atoms with Crippen LogP contribution in [0.2, 0.25) is 0 Å². The lowest BCUT2D eigenvalue weighted by atomic mass is 10.2. The van der Waals surface area contributed by atoms with E-state index in [1.54, 1.807) is 24.8 Å². The van der Waals surface area contributed by atoms with Crippen LogP contribution < -0.4 is 0 Å². The molecular weight excluding hydrogens is 294 g/mol. The number of aromatic nitrogens is 4. The van der Waals surface area contributed by atoms with Crippen molar-refractivity contribution in [2.24, 2.45) is 0 Å².